The van der Waals surface area contributed by atoms with Crippen LogP contribution in [-0.2, 0) is 5.26 Å². The van der Waals surface area contributed by atoms with Crippen LogP contribution < -0.4 is 9.45 Å². The molecule has 75 valence electrons. The van der Waals surface area contributed by atoms with Crippen molar-refractivity contribution in [2.45, 2.75) is 38.1 Å². The van der Waals surface area contributed by atoms with Gasteiger partial charge in [0, 0.05) is 18.1 Å². The SMILES string of the molecule is [O]Oc1cncc[n+]1C1CCCCC1. The molecule has 0 unspecified atom stereocenters. The maximum Gasteiger partial charge on any atom is 0.422 e. The Morgan fingerprint density at radius 2 is 2.14 bits per heavy atom. The minimum atomic E-state index is 0.319. The zero-order chi connectivity index (χ0) is 9.80. The molecule has 0 aromatic carbocycles. The molecule has 4 nitrogen and oxygen atoms in total. The fourth-order valence-electron chi connectivity index (χ4n) is 2.08. The van der Waals surface area contributed by atoms with E-state index in [0.29, 0.717) is 11.9 Å². The second-order valence-corrected chi connectivity index (χ2v) is 3.70. The lowest BCUT2D eigenvalue weighted by molar-refractivity contribution is -0.737. The van der Waals surface area contributed by atoms with Gasteiger partial charge in [0.2, 0.25) is 0 Å². The largest absolute Gasteiger partial charge is 0.422 e. The first-order valence-corrected chi connectivity index (χ1v) is 5.07. The van der Waals surface area contributed by atoms with Crippen molar-refractivity contribution in [3.8, 4) is 5.88 Å². The molecule has 1 radical (unpaired) electrons. The lowest BCUT2D eigenvalue weighted by Gasteiger charge is -2.17. The van der Waals surface area contributed by atoms with E-state index >= 15 is 0 Å². The van der Waals surface area contributed by atoms with E-state index in [4.69, 9.17) is 0 Å². The highest BCUT2D eigenvalue weighted by Crippen LogP contribution is 2.24. The van der Waals surface area contributed by atoms with Crippen molar-refractivity contribution in [2.24, 2.45) is 0 Å². The molecule has 4 heteroatoms. The summed E-state index contributed by atoms with van der Waals surface area (Å²) in [5, 5.41) is 10.4. The molecule has 1 fully saturated rings. The Bertz CT molecular complexity index is 298. The van der Waals surface area contributed by atoms with E-state index in [0.717, 1.165) is 12.8 Å². The summed E-state index contributed by atoms with van der Waals surface area (Å²) >= 11 is 0. The molecule has 1 saturated carbocycles. The van der Waals surface area contributed by atoms with Gasteiger partial charge in [-0.3, -0.25) is 0 Å². The Balaban J connectivity index is 2.20. The Morgan fingerprint density at radius 3 is 2.86 bits per heavy atom. The Labute approximate surface area is 83.1 Å². The van der Waals surface area contributed by atoms with Crippen molar-refractivity contribution in [2.75, 3.05) is 0 Å². The monoisotopic (exact) mass is 194 g/mol. The van der Waals surface area contributed by atoms with Crippen LogP contribution in [0.1, 0.15) is 38.1 Å². The molecule has 1 aromatic heterocycles. The third kappa shape index (κ3) is 1.85. The minimum absolute atomic E-state index is 0.319. The maximum absolute atomic E-state index is 10.4. The molecule has 14 heavy (non-hydrogen) atoms. The summed E-state index contributed by atoms with van der Waals surface area (Å²) in [5.41, 5.74) is 0. The van der Waals surface area contributed by atoms with Crippen molar-refractivity contribution >= 4 is 0 Å². The molecule has 1 aromatic rings. The van der Waals surface area contributed by atoms with E-state index in [1.165, 1.54) is 25.5 Å². The molecule has 0 amide bonds. The molecular weight excluding hydrogens is 180 g/mol. The lowest BCUT2D eigenvalue weighted by Crippen LogP contribution is -2.41. The van der Waals surface area contributed by atoms with Crippen LogP contribution in [0.3, 0.4) is 0 Å². The Kier molecular flexibility index (Phi) is 2.93. The first-order chi connectivity index (χ1) is 6.92. The van der Waals surface area contributed by atoms with Gasteiger partial charge in [-0.25, -0.2) is 9.87 Å². The summed E-state index contributed by atoms with van der Waals surface area (Å²) in [6.07, 6.45) is 11.0. The van der Waals surface area contributed by atoms with Crippen molar-refractivity contribution in [3.63, 3.8) is 0 Å². The van der Waals surface area contributed by atoms with Crippen LogP contribution in [0.2, 0.25) is 0 Å². The number of hydrogen-bond acceptors (Lipinski definition) is 2. The highest BCUT2D eigenvalue weighted by Gasteiger charge is 2.26. The molecule has 0 N–H and O–H groups in total. The summed E-state index contributed by atoms with van der Waals surface area (Å²) in [6, 6.07) is 0.413. The van der Waals surface area contributed by atoms with Gasteiger partial charge in [-0.05, 0) is 12.8 Å². The van der Waals surface area contributed by atoms with Gasteiger partial charge in [0.25, 0.3) is 0 Å². The highest BCUT2D eigenvalue weighted by atomic mass is 17.1. The fraction of sp³-hybridized carbons (Fsp3) is 0.600. The first kappa shape index (κ1) is 9.40. The zero-order valence-corrected chi connectivity index (χ0v) is 8.06. The zero-order valence-electron chi connectivity index (χ0n) is 8.06. The number of rotatable bonds is 2. The number of nitrogens with zero attached hydrogens (tertiary/aromatic N) is 2. The molecule has 1 heterocycles. The van der Waals surface area contributed by atoms with Gasteiger partial charge in [0.05, 0.1) is 6.20 Å². The number of hydrogen-bond donors (Lipinski definition) is 0. The van der Waals surface area contributed by atoms with Gasteiger partial charge >= 0.3 is 5.88 Å². The fourth-order valence-corrected chi connectivity index (χ4v) is 2.08. The predicted molar refractivity (Wildman–Crippen MR) is 47.9 cm³/mol. The van der Waals surface area contributed by atoms with E-state index in [1.54, 1.807) is 6.20 Å². The second kappa shape index (κ2) is 4.37. The van der Waals surface area contributed by atoms with Crippen LogP contribution in [-0.4, -0.2) is 4.98 Å². The molecule has 2 rings (SSSR count). The summed E-state index contributed by atoms with van der Waals surface area (Å²) < 4.78 is 1.90. The predicted octanol–water partition coefficient (Wildman–Crippen LogP) is 1.60. The van der Waals surface area contributed by atoms with Crippen LogP contribution in [0, 0.1) is 0 Å². The standard InChI is InChI=1S/C10H14N2O2/c13-14-10-8-11-6-7-12(10)9-4-2-1-3-5-9/h6-9H,1-5H2/q+1. The van der Waals surface area contributed by atoms with E-state index in [9.17, 15) is 5.26 Å². The maximum atomic E-state index is 10.4. The molecule has 0 atom stereocenters. The van der Waals surface area contributed by atoms with E-state index in [-0.39, 0.29) is 0 Å². The third-order valence-corrected chi connectivity index (χ3v) is 2.81. The van der Waals surface area contributed by atoms with Gasteiger partial charge in [-0.1, -0.05) is 6.42 Å². The van der Waals surface area contributed by atoms with Crippen molar-refractivity contribution < 1.29 is 14.7 Å². The number of aromatic nitrogens is 2. The van der Waals surface area contributed by atoms with E-state index in [2.05, 4.69) is 9.87 Å². The van der Waals surface area contributed by atoms with Crippen LogP contribution in [0.15, 0.2) is 18.6 Å². The molecule has 1 aliphatic rings. The van der Waals surface area contributed by atoms with Crippen LogP contribution in [0.25, 0.3) is 0 Å². The molecule has 0 bridgehead atoms. The average Bonchev–Trinajstić information content (AvgIpc) is 2.30. The van der Waals surface area contributed by atoms with Gasteiger partial charge in [-0.15, -0.1) is 0 Å². The van der Waals surface area contributed by atoms with Crippen molar-refractivity contribution in [3.05, 3.63) is 18.6 Å². The molecule has 0 saturated heterocycles. The molecular formula is C10H14N2O2+. The topological polar surface area (TPSA) is 45.9 Å². The summed E-state index contributed by atoms with van der Waals surface area (Å²) in [6.45, 7) is 0. The van der Waals surface area contributed by atoms with Crippen molar-refractivity contribution in [1.29, 1.82) is 0 Å². The summed E-state index contributed by atoms with van der Waals surface area (Å²) in [5.74, 6) is 0.319. The Hall–Kier alpha value is -1.16. The summed E-state index contributed by atoms with van der Waals surface area (Å²) in [7, 11) is 0. The highest BCUT2D eigenvalue weighted by molar-refractivity contribution is 4.91. The molecule has 0 spiro atoms. The summed E-state index contributed by atoms with van der Waals surface area (Å²) in [4.78, 5) is 7.91. The van der Waals surface area contributed by atoms with Crippen LogP contribution >= 0.6 is 0 Å². The van der Waals surface area contributed by atoms with Crippen LogP contribution in [0.4, 0.5) is 0 Å². The van der Waals surface area contributed by atoms with E-state index in [1.807, 2.05) is 10.8 Å². The van der Waals surface area contributed by atoms with Gasteiger partial charge in [0.15, 0.2) is 12.2 Å². The molecule has 1 aliphatic carbocycles. The lowest BCUT2D eigenvalue weighted by atomic mass is 9.95. The van der Waals surface area contributed by atoms with E-state index < -0.39 is 0 Å². The first-order valence-electron chi connectivity index (χ1n) is 5.07. The van der Waals surface area contributed by atoms with Crippen LogP contribution in [0.5, 0.6) is 5.88 Å². The molecule has 0 aliphatic heterocycles. The second-order valence-electron chi connectivity index (χ2n) is 3.70. The normalized spacial score (nSPS) is 18.1. The van der Waals surface area contributed by atoms with Gasteiger partial charge in [-0.2, -0.15) is 4.57 Å². The van der Waals surface area contributed by atoms with Crippen molar-refractivity contribution in [1.82, 2.24) is 4.98 Å². The average molecular weight is 194 g/mol. The third-order valence-electron chi connectivity index (χ3n) is 2.81. The Morgan fingerprint density at radius 1 is 1.36 bits per heavy atom. The smallest absolute Gasteiger partial charge is 0.248 e. The quantitative estimate of drug-likeness (QED) is 0.408. The van der Waals surface area contributed by atoms with Gasteiger partial charge < -0.3 is 0 Å². The minimum Gasteiger partial charge on any atom is -0.248 e. The van der Waals surface area contributed by atoms with Gasteiger partial charge in [0.1, 0.15) is 6.20 Å².